The van der Waals surface area contributed by atoms with Crippen LogP contribution in [0.1, 0.15) is 0 Å². The molecule has 1 N–H and O–H groups in total. The van der Waals surface area contributed by atoms with Crippen LogP contribution in [0.3, 0.4) is 0 Å². The van der Waals surface area contributed by atoms with Crippen LogP contribution in [0.2, 0.25) is 10.0 Å². The van der Waals surface area contributed by atoms with Crippen LogP contribution in [0.15, 0.2) is 69.0 Å². The lowest BCUT2D eigenvalue weighted by Crippen LogP contribution is -2.14. The van der Waals surface area contributed by atoms with Crippen LogP contribution < -0.4 is 5.32 Å². The first-order valence-corrected chi connectivity index (χ1v) is 10.0. The van der Waals surface area contributed by atoms with Crippen molar-refractivity contribution in [3.8, 4) is 22.9 Å². The molecule has 4 rings (SSSR count). The maximum absolute atomic E-state index is 12.3. The normalized spacial score (nSPS) is 10.8. The van der Waals surface area contributed by atoms with Gasteiger partial charge in [0.1, 0.15) is 5.69 Å². The zero-order chi connectivity index (χ0) is 20.2. The Labute approximate surface area is 179 Å². The lowest BCUT2D eigenvalue weighted by Gasteiger charge is -2.08. The van der Waals surface area contributed by atoms with E-state index in [2.05, 4.69) is 20.5 Å². The summed E-state index contributed by atoms with van der Waals surface area (Å²) in [6, 6.07) is 12.0. The fourth-order valence-corrected chi connectivity index (χ4v) is 3.39. The first-order chi connectivity index (χ1) is 14.1. The minimum atomic E-state index is -0.280. The van der Waals surface area contributed by atoms with Crippen LogP contribution in [0.4, 0.5) is 5.69 Å². The standard InChI is InChI=1S/C19H12Cl2N4O3S/c20-11-4-1-5-12(16(11)21)22-15(26)10-29-19-23-17(13-6-2-8-27-13)18(24-25-19)14-7-3-9-28-14/h1-9H,10H2,(H,22,26). The van der Waals surface area contributed by atoms with Crippen molar-refractivity contribution in [2.75, 3.05) is 11.1 Å². The Morgan fingerprint density at radius 1 is 0.966 bits per heavy atom. The summed E-state index contributed by atoms with van der Waals surface area (Å²) in [5, 5.41) is 12.0. The Morgan fingerprint density at radius 3 is 2.38 bits per heavy atom. The van der Waals surface area contributed by atoms with E-state index in [-0.39, 0.29) is 16.7 Å². The van der Waals surface area contributed by atoms with Gasteiger partial charge in [0.15, 0.2) is 17.2 Å². The van der Waals surface area contributed by atoms with Gasteiger partial charge in [0.25, 0.3) is 0 Å². The number of thioether (sulfide) groups is 1. The molecule has 0 saturated heterocycles. The van der Waals surface area contributed by atoms with Crippen molar-refractivity contribution >= 4 is 46.6 Å². The van der Waals surface area contributed by atoms with Crippen LogP contribution in [0.25, 0.3) is 22.9 Å². The molecular formula is C19H12Cl2N4O3S. The van der Waals surface area contributed by atoms with Crippen molar-refractivity contribution in [1.82, 2.24) is 15.2 Å². The zero-order valence-corrected chi connectivity index (χ0v) is 17.0. The number of furan rings is 2. The molecular weight excluding hydrogens is 435 g/mol. The molecule has 29 heavy (non-hydrogen) atoms. The minimum Gasteiger partial charge on any atom is -0.463 e. The van der Waals surface area contributed by atoms with E-state index in [1.54, 1.807) is 48.7 Å². The largest absolute Gasteiger partial charge is 0.463 e. The summed E-state index contributed by atoms with van der Waals surface area (Å²) in [6.07, 6.45) is 3.08. The number of carbonyl (C=O) groups is 1. The van der Waals surface area contributed by atoms with Gasteiger partial charge in [-0.3, -0.25) is 4.79 Å². The van der Waals surface area contributed by atoms with Gasteiger partial charge >= 0.3 is 0 Å². The maximum atomic E-state index is 12.3. The number of hydrogen-bond donors (Lipinski definition) is 1. The third-order valence-electron chi connectivity index (χ3n) is 3.73. The van der Waals surface area contributed by atoms with Gasteiger partial charge < -0.3 is 14.2 Å². The molecule has 0 radical (unpaired) electrons. The quantitative estimate of drug-likeness (QED) is 0.394. The molecule has 0 aliphatic rings. The van der Waals surface area contributed by atoms with Crippen molar-refractivity contribution in [2.45, 2.75) is 5.16 Å². The Bertz CT molecular complexity index is 1130. The molecule has 10 heteroatoms. The molecule has 146 valence electrons. The van der Waals surface area contributed by atoms with Gasteiger partial charge in [0.05, 0.1) is 34.0 Å². The Kier molecular flexibility index (Phi) is 5.84. The van der Waals surface area contributed by atoms with Gasteiger partial charge in [0, 0.05) is 0 Å². The van der Waals surface area contributed by atoms with E-state index in [1.165, 1.54) is 6.26 Å². The summed E-state index contributed by atoms with van der Waals surface area (Å²) >= 11 is 13.2. The van der Waals surface area contributed by atoms with Crippen molar-refractivity contribution in [3.63, 3.8) is 0 Å². The third-order valence-corrected chi connectivity index (χ3v) is 5.39. The predicted molar refractivity (Wildman–Crippen MR) is 111 cm³/mol. The molecule has 0 fully saturated rings. The number of amides is 1. The molecule has 7 nitrogen and oxygen atoms in total. The smallest absolute Gasteiger partial charge is 0.234 e. The predicted octanol–water partition coefficient (Wildman–Crippen LogP) is 5.43. The summed E-state index contributed by atoms with van der Waals surface area (Å²) < 4.78 is 10.9. The number of anilines is 1. The molecule has 0 unspecified atom stereocenters. The molecule has 1 aromatic carbocycles. The van der Waals surface area contributed by atoms with E-state index in [4.69, 9.17) is 32.0 Å². The third kappa shape index (κ3) is 4.45. The number of rotatable bonds is 6. The fourth-order valence-electron chi connectivity index (χ4n) is 2.45. The molecule has 3 aromatic heterocycles. The van der Waals surface area contributed by atoms with E-state index in [1.807, 2.05) is 0 Å². The Balaban J connectivity index is 1.51. The topological polar surface area (TPSA) is 94.0 Å². The monoisotopic (exact) mass is 446 g/mol. The second kappa shape index (κ2) is 8.69. The number of hydrogen-bond acceptors (Lipinski definition) is 7. The van der Waals surface area contributed by atoms with Gasteiger partial charge in [-0.25, -0.2) is 4.98 Å². The molecule has 0 atom stereocenters. The molecule has 1 amide bonds. The summed E-state index contributed by atoms with van der Waals surface area (Å²) in [7, 11) is 0. The van der Waals surface area contributed by atoms with Gasteiger partial charge in [0.2, 0.25) is 11.1 Å². The molecule has 0 spiro atoms. The average Bonchev–Trinajstić information content (AvgIpc) is 3.44. The van der Waals surface area contributed by atoms with E-state index in [9.17, 15) is 4.79 Å². The molecule has 0 bridgehead atoms. The number of carbonyl (C=O) groups excluding carboxylic acids is 1. The molecule has 0 saturated carbocycles. The highest BCUT2D eigenvalue weighted by Crippen LogP contribution is 2.31. The first kappa shape index (κ1) is 19.5. The van der Waals surface area contributed by atoms with Gasteiger partial charge in [-0.1, -0.05) is 41.0 Å². The van der Waals surface area contributed by atoms with Crippen LogP contribution in [-0.2, 0) is 4.79 Å². The van der Waals surface area contributed by atoms with Crippen LogP contribution in [0.5, 0.6) is 0 Å². The van der Waals surface area contributed by atoms with E-state index in [0.29, 0.717) is 38.8 Å². The van der Waals surface area contributed by atoms with E-state index in [0.717, 1.165) is 11.8 Å². The molecule has 0 aliphatic carbocycles. The number of aromatic nitrogens is 3. The van der Waals surface area contributed by atoms with Gasteiger partial charge in [-0.05, 0) is 36.4 Å². The van der Waals surface area contributed by atoms with Crippen molar-refractivity contribution in [3.05, 3.63) is 65.0 Å². The number of benzene rings is 1. The summed E-state index contributed by atoms with van der Waals surface area (Å²) in [4.78, 5) is 16.8. The summed E-state index contributed by atoms with van der Waals surface area (Å²) in [6.45, 7) is 0. The number of nitrogens with one attached hydrogen (secondary N) is 1. The highest BCUT2D eigenvalue weighted by atomic mass is 35.5. The Morgan fingerprint density at radius 2 is 1.69 bits per heavy atom. The van der Waals surface area contributed by atoms with Crippen LogP contribution in [-0.4, -0.2) is 26.8 Å². The second-order valence-corrected chi connectivity index (χ2v) is 7.41. The van der Waals surface area contributed by atoms with E-state index < -0.39 is 0 Å². The number of halogens is 2. The SMILES string of the molecule is O=C(CSc1nnc(-c2ccco2)c(-c2ccco2)n1)Nc1cccc(Cl)c1Cl. The first-order valence-electron chi connectivity index (χ1n) is 8.31. The van der Waals surface area contributed by atoms with Crippen molar-refractivity contribution < 1.29 is 13.6 Å². The molecule has 4 aromatic rings. The highest BCUT2D eigenvalue weighted by molar-refractivity contribution is 7.99. The molecule has 3 heterocycles. The van der Waals surface area contributed by atoms with Crippen molar-refractivity contribution in [2.24, 2.45) is 0 Å². The summed E-state index contributed by atoms with van der Waals surface area (Å²) in [5.74, 6) is 0.810. The van der Waals surface area contributed by atoms with E-state index >= 15 is 0 Å². The van der Waals surface area contributed by atoms with Gasteiger partial charge in [-0.15, -0.1) is 10.2 Å². The second-order valence-electron chi connectivity index (χ2n) is 5.68. The lowest BCUT2D eigenvalue weighted by molar-refractivity contribution is -0.113. The highest BCUT2D eigenvalue weighted by Gasteiger charge is 2.18. The maximum Gasteiger partial charge on any atom is 0.234 e. The van der Waals surface area contributed by atoms with Gasteiger partial charge in [-0.2, -0.15) is 0 Å². The lowest BCUT2D eigenvalue weighted by atomic mass is 10.2. The summed E-state index contributed by atoms with van der Waals surface area (Å²) in [5.41, 5.74) is 1.36. The molecule has 0 aliphatic heterocycles. The fraction of sp³-hybridized carbons (Fsp3) is 0.0526. The number of nitrogens with zero attached hydrogens (tertiary/aromatic N) is 3. The average molecular weight is 447 g/mol. The van der Waals surface area contributed by atoms with Crippen LogP contribution in [0, 0.1) is 0 Å². The minimum absolute atomic E-state index is 0.0578. The van der Waals surface area contributed by atoms with Crippen LogP contribution >= 0.6 is 35.0 Å². The Hall–Kier alpha value is -2.81. The zero-order valence-electron chi connectivity index (χ0n) is 14.6. The van der Waals surface area contributed by atoms with Crippen molar-refractivity contribution in [1.29, 1.82) is 0 Å².